The van der Waals surface area contributed by atoms with Gasteiger partial charge in [-0.2, -0.15) is 9.82 Å². The molecule has 10 heteroatoms. The summed E-state index contributed by atoms with van der Waals surface area (Å²) >= 11 is 24.7. The van der Waals surface area contributed by atoms with Crippen LogP contribution in [0.5, 0.6) is 0 Å². The van der Waals surface area contributed by atoms with Gasteiger partial charge in [0, 0.05) is 26.5 Å². The van der Waals surface area contributed by atoms with Gasteiger partial charge in [-0.1, -0.05) is 70.7 Å². The van der Waals surface area contributed by atoms with Crippen molar-refractivity contribution in [2.45, 2.75) is 30.3 Å². The third kappa shape index (κ3) is 5.32. The molecular weight excluding hydrogens is 524 g/mol. The highest BCUT2D eigenvalue weighted by Gasteiger charge is 2.33. The van der Waals surface area contributed by atoms with Crippen LogP contribution in [0.25, 0.3) is 0 Å². The van der Waals surface area contributed by atoms with Crippen LogP contribution in [0.1, 0.15) is 35.2 Å². The van der Waals surface area contributed by atoms with E-state index in [2.05, 4.69) is 15.2 Å². The summed E-state index contributed by atoms with van der Waals surface area (Å²) in [6.07, 6.45) is 0.461. The largest absolute Gasteiger partial charge is 0.302 e. The Morgan fingerprint density at radius 1 is 0.970 bits per heavy atom. The molecule has 0 radical (unpaired) electrons. The van der Waals surface area contributed by atoms with Gasteiger partial charge in [0.15, 0.2) is 0 Å². The zero-order valence-electron chi connectivity index (χ0n) is 17.3. The van der Waals surface area contributed by atoms with Crippen LogP contribution in [0.4, 0.5) is 0 Å². The Bertz CT molecular complexity index is 1330. The summed E-state index contributed by atoms with van der Waals surface area (Å²) in [6, 6.07) is 16.1. The lowest BCUT2D eigenvalue weighted by atomic mass is 9.96. The number of rotatable bonds is 6. The van der Waals surface area contributed by atoms with E-state index >= 15 is 0 Å². The third-order valence-electron chi connectivity index (χ3n) is 5.44. The Balaban J connectivity index is 1.70. The van der Waals surface area contributed by atoms with Crippen molar-refractivity contribution >= 4 is 62.1 Å². The molecule has 1 aliphatic rings. The fourth-order valence-corrected chi connectivity index (χ4v) is 6.02. The molecule has 0 saturated carbocycles. The van der Waals surface area contributed by atoms with Gasteiger partial charge >= 0.3 is 0 Å². The first-order chi connectivity index (χ1) is 15.7. The molecule has 172 valence electrons. The van der Waals surface area contributed by atoms with Gasteiger partial charge in [-0.3, -0.25) is 0 Å². The molecule has 3 aromatic carbocycles. The normalized spacial score (nSPS) is 16.9. The molecule has 1 heterocycles. The number of hydrogen-bond donors (Lipinski definition) is 2. The van der Waals surface area contributed by atoms with Crippen LogP contribution >= 0.6 is 46.4 Å². The Morgan fingerprint density at radius 2 is 1.67 bits per heavy atom. The van der Waals surface area contributed by atoms with E-state index < -0.39 is 16.1 Å². The van der Waals surface area contributed by atoms with E-state index in [4.69, 9.17) is 46.4 Å². The van der Waals surface area contributed by atoms with Crippen molar-refractivity contribution in [2.24, 2.45) is 5.10 Å². The number of halogens is 4. The van der Waals surface area contributed by atoms with Crippen molar-refractivity contribution < 1.29 is 8.42 Å². The molecule has 0 amide bonds. The standard InChI is InChI=1S/C23H19Cl4N3O2S/c1-13-18(26)3-2-4-22(13)33(31,32)30-23(17-10-9-16(25)11-19(17)27)21-12-20(28-29-21)14-5-7-15(24)8-6-14/h2-11,20,23,28,30H,12H2,1H3. The highest BCUT2D eigenvalue weighted by molar-refractivity contribution is 7.89. The smallest absolute Gasteiger partial charge is 0.241 e. The lowest BCUT2D eigenvalue weighted by molar-refractivity contribution is 0.575. The van der Waals surface area contributed by atoms with E-state index in [-0.39, 0.29) is 10.9 Å². The molecule has 4 rings (SSSR count). The Morgan fingerprint density at radius 3 is 2.36 bits per heavy atom. The highest BCUT2D eigenvalue weighted by atomic mass is 35.5. The van der Waals surface area contributed by atoms with Gasteiger partial charge in [-0.15, -0.1) is 0 Å². The van der Waals surface area contributed by atoms with E-state index in [0.29, 0.717) is 43.3 Å². The Labute approximate surface area is 212 Å². The molecule has 5 nitrogen and oxygen atoms in total. The minimum atomic E-state index is -3.96. The van der Waals surface area contributed by atoms with Crippen molar-refractivity contribution in [2.75, 3.05) is 0 Å². The summed E-state index contributed by atoms with van der Waals surface area (Å²) in [5.41, 5.74) is 5.65. The van der Waals surface area contributed by atoms with Crippen molar-refractivity contribution in [3.8, 4) is 0 Å². The van der Waals surface area contributed by atoms with Gasteiger partial charge in [-0.05, 0) is 60.0 Å². The van der Waals surface area contributed by atoms with Gasteiger partial charge in [0.05, 0.1) is 22.7 Å². The fourth-order valence-electron chi connectivity index (χ4n) is 3.68. The lowest BCUT2D eigenvalue weighted by Crippen LogP contribution is -2.34. The van der Waals surface area contributed by atoms with Crippen LogP contribution in [-0.2, 0) is 10.0 Å². The maximum absolute atomic E-state index is 13.4. The van der Waals surface area contributed by atoms with Crippen molar-refractivity contribution in [3.63, 3.8) is 0 Å². The maximum atomic E-state index is 13.4. The Hall–Kier alpha value is -1.80. The third-order valence-corrected chi connectivity index (χ3v) is 8.23. The van der Waals surface area contributed by atoms with Gasteiger partial charge in [0.2, 0.25) is 10.0 Å². The predicted molar refractivity (Wildman–Crippen MR) is 135 cm³/mol. The summed E-state index contributed by atoms with van der Waals surface area (Å²) in [5.74, 6) is 0. The van der Waals surface area contributed by atoms with Crippen LogP contribution in [0.3, 0.4) is 0 Å². The fraction of sp³-hybridized carbons (Fsp3) is 0.174. The molecule has 0 saturated heterocycles. The molecule has 1 aliphatic heterocycles. The number of hydrazone groups is 1. The van der Waals surface area contributed by atoms with Crippen LogP contribution in [0, 0.1) is 6.92 Å². The SMILES string of the molecule is Cc1c(Cl)cccc1S(=O)(=O)NC(C1=NNC(c2ccc(Cl)cc2)C1)c1ccc(Cl)cc1Cl. The Kier molecular flexibility index (Phi) is 7.24. The van der Waals surface area contributed by atoms with Crippen LogP contribution in [0.2, 0.25) is 20.1 Å². The van der Waals surface area contributed by atoms with E-state index in [1.165, 1.54) is 6.07 Å². The van der Waals surface area contributed by atoms with Crippen LogP contribution in [0.15, 0.2) is 70.7 Å². The zero-order valence-corrected chi connectivity index (χ0v) is 21.2. The quantitative estimate of drug-likeness (QED) is 0.363. The van der Waals surface area contributed by atoms with Gasteiger partial charge in [0.25, 0.3) is 0 Å². The van der Waals surface area contributed by atoms with Crippen LogP contribution < -0.4 is 10.1 Å². The first-order valence-corrected chi connectivity index (χ1v) is 12.9. The molecule has 2 unspecified atom stereocenters. The molecule has 2 N–H and O–H groups in total. The number of sulfonamides is 1. The van der Waals surface area contributed by atoms with Crippen LogP contribution in [-0.4, -0.2) is 14.1 Å². The average Bonchev–Trinajstić information content (AvgIpc) is 3.25. The van der Waals surface area contributed by atoms with Gasteiger partial charge in [0.1, 0.15) is 0 Å². The second kappa shape index (κ2) is 9.82. The average molecular weight is 543 g/mol. The summed E-state index contributed by atoms with van der Waals surface area (Å²) in [5, 5.41) is 6.23. The van der Waals surface area contributed by atoms with Crippen molar-refractivity contribution in [1.82, 2.24) is 10.1 Å². The first kappa shape index (κ1) is 24.3. The van der Waals surface area contributed by atoms with E-state index in [9.17, 15) is 8.42 Å². The summed E-state index contributed by atoms with van der Waals surface area (Å²) in [7, 11) is -3.96. The number of hydrogen-bond acceptors (Lipinski definition) is 4. The minimum Gasteiger partial charge on any atom is -0.302 e. The summed E-state index contributed by atoms with van der Waals surface area (Å²) < 4.78 is 29.5. The molecule has 0 aromatic heterocycles. The van der Waals surface area contributed by atoms with E-state index in [0.717, 1.165) is 5.56 Å². The first-order valence-electron chi connectivity index (χ1n) is 9.95. The van der Waals surface area contributed by atoms with Crippen molar-refractivity contribution in [3.05, 3.63) is 97.4 Å². The highest BCUT2D eigenvalue weighted by Crippen LogP contribution is 2.34. The maximum Gasteiger partial charge on any atom is 0.241 e. The molecule has 0 fully saturated rings. The summed E-state index contributed by atoms with van der Waals surface area (Å²) in [4.78, 5) is 0.0888. The zero-order chi connectivity index (χ0) is 23.8. The summed E-state index contributed by atoms with van der Waals surface area (Å²) in [6.45, 7) is 1.66. The number of nitrogens with one attached hydrogen (secondary N) is 2. The second-order valence-corrected chi connectivity index (χ2v) is 11.0. The van der Waals surface area contributed by atoms with E-state index in [1.807, 2.05) is 12.1 Å². The molecule has 33 heavy (non-hydrogen) atoms. The molecule has 0 spiro atoms. The second-order valence-electron chi connectivity index (χ2n) is 7.62. The molecule has 0 aliphatic carbocycles. The molecule has 2 atom stereocenters. The lowest BCUT2D eigenvalue weighted by Gasteiger charge is -2.21. The van der Waals surface area contributed by atoms with Crippen molar-refractivity contribution in [1.29, 1.82) is 0 Å². The molecular formula is C23H19Cl4N3O2S. The minimum absolute atomic E-state index is 0.0888. The number of benzene rings is 3. The monoisotopic (exact) mass is 541 g/mol. The topological polar surface area (TPSA) is 70.6 Å². The van der Waals surface area contributed by atoms with Gasteiger partial charge in [-0.25, -0.2) is 8.42 Å². The molecule has 3 aromatic rings. The number of nitrogens with zero attached hydrogens (tertiary/aromatic N) is 1. The molecule has 0 bridgehead atoms. The predicted octanol–water partition coefficient (Wildman–Crippen LogP) is 6.72. The van der Waals surface area contributed by atoms with E-state index in [1.54, 1.807) is 49.4 Å². The van der Waals surface area contributed by atoms with Gasteiger partial charge < -0.3 is 5.43 Å².